The Hall–Kier alpha value is -2.54. The number of benzene rings is 1. The van der Waals surface area contributed by atoms with Crippen molar-refractivity contribution in [2.24, 2.45) is 5.92 Å². The maximum atomic E-state index is 5.59. The van der Waals surface area contributed by atoms with Crippen LogP contribution in [0.5, 0.6) is 17.2 Å². The Morgan fingerprint density at radius 1 is 1.11 bits per heavy atom. The quantitative estimate of drug-likeness (QED) is 0.821. The molecule has 3 saturated heterocycles. The van der Waals surface area contributed by atoms with Gasteiger partial charge in [0.05, 0.1) is 7.11 Å². The maximum absolute atomic E-state index is 5.59. The molecule has 0 amide bonds. The van der Waals surface area contributed by atoms with Crippen molar-refractivity contribution in [3.05, 3.63) is 36.2 Å². The number of ether oxygens (including phenoxy) is 3. The van der Waals surface area contributed by atoms with Gasteiger partial charge in [-0.05, 0) is 42.5 Å². The molecule has 6 rings (SSSR count). The van der Waals surface area contributed by atoms with Gasteiger partial charge in [-0.3, -0.25) is 4.90 Å². The molecule has 1 aromatic heterocycles. The fourth-order valence-electron chi connectivity index (χ4n) is 4.50. The van der Waals surface area contributed by atoms with Gasteiger partial charge >= 0.3 is 0 Å². The number of hydrogen-bond donors (Lipinski definition) is 0. The lowest BCUT2D eigenvalue weighted by Crippen LogP contribution is -2.43. The molecule has 7 heteroatoms. The number of hydrogen-bond acceptors (Lipinski definition) is 7. The summed E-state index contributed by atoms with van der Waals surface area (Å²) in [6.45, 7) is 4.25. The van der Waals surface area contributed by atoms with Gasteiger partial charge in [-0.2, -0.15) is 0 Å². The highest BCUT2D eigenvalue weighted by molar-refractivity contribution is 5.55. The van der Waals surface area contributed by atoms with Gasteiger partial charge < -0.3 is 19.1 Å². The highest BCUT2D eigenvalue weighted by atomic mass is 16.7. The molecule has 0 radical (unpaired) electrons. The third-order valence-electron chi connectivity index (χ3n) is 5.77. The monoisotopic (exact) mass is 368 g/mol. The van der Waals surface area contributed by atoms with Crippen molar-refractivity contribution in [2.75, 3.05) is 38.4 Å². The van der Waals surface area contributed by atoms with Gasteiger partial charge in [0.1, 0.15) is 0 Å². The van der Waals surface area contributed by atoms with Crippen molar-refractivity contribution in [1.29, 1.82) is 0 Å². The zero-order valence-corrected chi connectivity index (χ0v) is 15.5. The van der Waals surface area contributed by atoms with Gasteiger partial charge in [-0.1, -0.05) is 0 Å². The van der Waals surface area contributed by atoms with Crippen LogP contribution in [0.3, 0.4) is 0 Å². The molecule has 0 spiro atoms. The largest absolute Gasteiger partial charge is 0.493 e. The zero-order chi connectivity index (χ0) is 18.2. The Morgan fingerprint density at radius 3 is 2.85 bits per heavy atom. The summed E-state index contributed by atoms with van der Waals surface area (Å²) in [6, 6.07) is 6.53. The number of anilines is 1. The molecule has 0 aliphatic carbocycles. The van der Waals surface area contributed by atoms with Crippen molar-refractivity contribution in [3.8, 4) is 17.2 Å². The van der Waals surface area contributed by atoms with E-state index in [1.807, 2.05) is 18.5 Å². The first-order valence-corrected chi connectivity index (χ1v) is 9.52. The minimum Gasteiger partial charge on any atom is -0.493 e. The van der Waals surface area contributed by atoms with Crippen molar-refractivity contribution in [3.63, 3.8) is 0 Å². The van der Waals surface area contributed by atoms with Crippen LogP contribution in [-0.4, -0.2) is 54.4 Å². The lowest BCUT2D eigenvalue weighted by atomic mass is 9.94. The molecule has 7 nitrogen and oxygen atoms in total. The minimum absolute atomic E-state index is 0.260. The van der Waals surface area contributed by atoms with E-state index < -0.39 is 0 Å². The van der Waals surface area contributed by atoms with Gasteiger partial charge in [0, 0.05) is 44.6 Å². The Bertz CT molecular complexity index is 816. The highest BCUT2D eigenvalue weighted by Crippen LogP contribution is 2.42. The van der Waals surface area contributed by atoms with E-state index in [2.05, 4.69) is 31.9 Å². The van der Waals surface area contributed by atoms with E-state index >= 15 is 0 Å². The predicted octanol–water partition coefficient (Wildman–Crippen LogP) is 2.31. The number of methoxy groups -OCH3 is 1. The second-order valence-corrected chi connectivity index (χ2v) is 7.51. The fourth-order valence-corrected chi connectivity index (χ4v) is 4.50. The summed E-state index contributed by atoms with van der Waals surface area (Å²) < 4.78 is 16.6. The van der Waals surface area contributed by atoms with E-state index in [-0.39, 0.29) is 6.79 Å². The number of aromatic nitrogens is 2. The molecule has 27 heavy (non-hydrogen) atoms. The molecule has 2 aromatic rings. The second kappa shape index (κ2) is 6.88. The normalized spacial score (nSPS) is 24.1. The molecule has 0 N–H and O–H groups in total. The molecule has 2 bridgehead atoms. The van der Waals surface area contributed by atoms with Crippen molar-refractivity contribution >= 4 is 5.95 Å². The molecular weight excluding hydrogens is 344 g/mol. The smallest absolute Gasteiger partial charge is 0.231 e. The molecule has 2 atom stereocenters. The molecule has 142 valence electrons. The van der Waals surface area contributed by atoms with Crippen LogP contribution >= 0.6 is 0 Å². The van der Waals surface area contributed by atoms with E-state index in [0.29, 0.717) is 17.7 Å². The highest BCUT2D eigenvalue weighted by Gasteiger charge is 2.35. The molecule has 0 saturated carbocycles. The number of nitrogens with zero attached hydrogens (tertiary/aromatic N) is 4. The lowest BCUT2D eigenvalue weighted by molar-refractivity contribution is 0.126. The average molecular weight is 368 g/mol. The number of fused-ring (bicyclic) bond motifs is 5. The fraction of sp³-hybridized carbons (Fsp3) is 0.500. The van der Waals surface area contributed by atoms with Gasteiger partial charge in [-0.25, -0.2) is 9.97 Å². The average Bonchev–Trinajstić information content (AvgIpc) is 2.99. The molecular formula is C20H24N4O3. The summed E-state index contributed by atoms with van der Waals surface area (Å²) in [4.78, 5) is 13.9. The van der Waals surface area contributed by atoms with E-state index in [9.17, 15) is 0 Å². The van der Waals surface area contributed by atoms with Crippen LogP contribution in [0, 0.1) is 5.92 Å². The molecule has 4 aliphatic heterocycles. The first-order chi connectivity index (χ1) is 13.3. The molecule has 5 heterocycles. The summed E-state index contributed by atoms with van der Waals surface area (Å²) in [6.07, 6.45) is 6.14. The van der Waals surface area contributed by atoms with Crippen LogP contribution in [-0.2, 0) is 6.54 Å². The Morgan fingerprint density at radius 2 is 2.00 bits per heavy atom. The molecule has 3 fully saturated rings. The van der Waals surface area contributed by atoms with Gasteiger partial charge in [0.15, 0.2) is 11.5 Å². The summed E-state index contributed by atoms with van der Waals surface area (Å²) in [7, 11) is 1.67. The standard InChI is InChI=1S/C20H24N4O3/c1-25-17-7-15(8-18-19(17)27-13-26-18)11-23-9-14-3-4-16(23)12-24(10-14)20-21-5-2-6-22-20/h2,5-8,14,16H,3-4,9-13H2,1H3/t14-,16-/m1/s1. The summed E-state index contributed by atoms with van der Waals surface area (Å²) in [5, 5.41) is 0. The number of piperidine rings is 1. The predicted molar refractivity (Wildman–Crippen MR) is 100 cm³/mol. The van der Waals surface area contributed by atoms with Gasteiger partial charge in [-0.15, -0.1) is 0 Å². The molecule has 4 aliphatic rings. The van der Waals surface area contributed by atoms with Crippen molar-refractivity contribution in [2.45, 2.75) is 25.4 Å². The Kier molecular flexibility index (Phi) is 4.24. The third-order valence-corrected chi connectivity index (χ3v) is 5.77. The Labute approximate surface area is 158 Å². The van der Waals surface area contributed by atoms with Crippen LogP contribution in [0.25, 0.3) is 0 Å². The van der Waals surface area contributed by atoms with Crippen molar-refractivity contribution < 1.29 is 14.2 Å². The Balaban J connectivity index is 1.36. The van der Waals surface area contributed by atoms with Gasteiger partial charge in [0.25, 0.3) is 0 Å². The summed E-state index contributed by atoms with van der Waals surface area (Å²) in [5.41, 5.74) is 1.20. The van der Waals surface area contributed by atoms with Crippen LogP contribution in [0.15, 0.2) is 30.6 Å². The van der Waals surface area contributed by atoms with E-state index in [0.717, 1.165) is 43.6 Å². The summed E-state index contributed by atoms with van der Waals surface area (Å²) in [5.74, 6) is 3.73. The second-order valence-electron chi connectivity index (χ2n) is 7.51. The van der Waals surface area contributed by atoms with Crippen LogP contribution in [0.2, 0.25) is 0 Å². The SMILES string of the molecule is COc1cc(CN2C[C@H]3CC[C@@H]2CN(c2ncccn2)C3)cc2c1OCO2. The lowest BCUT2D eigenvalue weighted by Gasteiger charge is -2.36. The van der Waals surface area contributed by atoms with E-state index in [1.165, 1.54) is 18.4 Å². The maximum Gasteiger partial charge on any atom is 0.231 e. The topological polar surface area (TPSA) is 60.0 Å². The zero-order valence-electron chi connectivity index (χ0n) is 15.5. The number of rotatable bonds is 4. The van der Waals surface area contributed by atoms with Crippen LogP contribution < -0.4 is 19.1 Å². The first kappa shape index (κ1) is 16.6. The van der Waals surface area contributed by atoms with Crippen molar-refractivity contribution in [1.82, 2.24) is 14.9 Å². The molecule has 0 unspecified atom stereocenters. The summed E-state index contributed by atoms with van der Waals surface area (Å²) >= 11 is 0. The van der Waals surface area contributed by atoms with E-state index in [4.69, 9.17) is 14.2 Å². The first-order valence-electron chi connectivity index (χ1n) is 9.52. The molecule has 1 aromatic carbocycles. The van der Waals surface area contributed by atoms with E-state index in [1.54, 1.807) is 7.11 Å². The van der Waals surface area contributed by atoms with Crippen LogP contribution in [0.4, 0.5) is 5.95 Å². The van der Waals surface area contributed by atoms with Gasteiger partial charge in [0.2, 0.25) is 18.5 Å². The van der Waals surface area contributed by atoms with Crippen LogP contribution in [0.1, 0.15) is 18.4 Å². The minimum atomic E-state index is 0.260. The third kappa shape index (κ3) is 3.16.